The molecule has 0 bridgehead atoms. The fourth-order valence-electron chi connectivity index (χ4n) is 1.63. The van der Waals surface area contributed by atoms with Gasteiger partial charge >= 0.3 is 6.09 Å². The summed E-state index contributed by atoms with van der Waals surface area (Å²) in [5.41, 5.74) is 0.339. The van der Waals surface area contributed by atoms with Gasteiger partial charge in [-0.25, -0.2) is 9.18 Å². The van der Waals surface area contributed by atoms with Gasteiger partial charge in [-0.05, 0) is 45.4 Å². The second kappa shape index (κ2) is 6.42. The van der Waals surface area contributed by atoms with E-state index in [1.54, 1.807) is 26.8 Å². The molecule has 20 heavy (non-hydrogen) atoms. The van der Waals surface area contributed by atoms with E-state index in [0.29, 0.717) is 12.1 Å². The van der Waals surface area contributed by atoms with Crippen molar-refractivity contribution in [3.63, 3.8) is 0 Å². The highest BCUT2D eigenvalue weighted by Gasteiger charge is 2.21. The van der Waals surface area contributed by atoms with E-state index in [9.17, 15) is 9.18 Å². The van der Waals surface area contributed by atoms with Crippen LogP contribution in [0.2, 0.25) is 0 Å². The zero-order chi connectivity index (χ0) is 15.3. The van der Waals surface area contributed by atoms with Crippen LogP contribution in [0.3, 0.4) is 0 Å². The third kappa shape index (κ3) is 4.58. The molecule has 108 valence electrons. The van der Waals surface area contributed by atoms with Crippen LogP contribution < -0.4 is 0 Å². The number of amides is 1. The number of hydrogen-bond donors (Lipinski definition) is 0. The lowest BCUT2D eigenvalue weighted by molar-refractivity contribution is 0.0244. The molecule has 4 heteroatoms. The first-order valence-corrected chi connectivity index (χ1v) is 6.49. The van der Waals surface area contributed by atoms with Crippen molar-refractivity contribution >= 4 is 6.09 Å². The Bertz CT molecular complexity index is 526. The van der Waals surface area contributed by atoms with Crippen molar-refractivity contribution < 1.29 is 13.9 Å². The van der Waals surface area contributed by atoms with Crippen molar-refractivity contribution in [1.29, 1.82) is 0 Å². The predicted octanol–water partition coefficient (Wildman–Crippen LogP) is 3.56. The van der Waals surface area contributed by atoms with E-state index in [-0.39, 0.29) is 12.1 Å². The minimum absolute atomic E-state index is 0.217. The maximum absolute atomic E-state index is 13.6. The molecule has 0 spiro atoms. The number of benzene rings is 1. The molecule has 0 unspecified atom stereocenters. The van der Waals surface area contributed by atoms with Gasteiger partial charge in [0.1, 0.15) is 11.4 Å². The second-order valence-electron chi connectivity index (χ2n) is 5.45. The largest absolute Gasteiger partial charge is 0.444 e. The number of terminal acetylenes is 1. The Kier molecular flexibility index (Phi) is 5.15. The highest BCUT2D eigenvalue weighted by Crippen LogP contribution is 2.14. The number of rotatable bonds is 3. The molecule has 0 aliphatic heterocycles. The van der Waals surface area contributed by atoms with E-state index in [2.05, 4.69) is 5.92 Å². The Morgan fingerprint density at radius 2 is 2.10 bits per heavy atom. The molecular formula is C16H20FNO2. The van der Waals surface area contributed by atoms with Crippen molar-refractivity contribution in [1.82, 2.24) is 4.90 Å². The molecule has 0 aromatic heterocycles. The van der Waals surface area contributed by atoms with Crippen molar-refractivity contribution in [3.8, 4) is 12.3 Å². The topological polar surface area (TPSA) is 29.5 Å². The predicted molar refractivity (Wildman–Crippen MR) is 76.7 cm³/mol. The molecule has 0 heterocycles. The average Bonchev–Trinajstić information content (AvgIpc) is 2.33. The minimum Gasteiger partial charge on any atom is -0.444 e. The van der Waals surface area contributed by atoms with Crippen LogP contribution in [-0.4, -0.2) is 23.1 Å². The zero-order valence-corrected chi connectivity index (χ0v) is 12.4. The van der Waals surface area contributed by atoms with E-state index >= 15 is 0 Å². The van der Waals surface area contributed by atoms with Gasteiger partial charge in [0, 0.05) is 13.1 Å². The van der Waals surface area contributed by atoms with Gasteiger partial charge < -0.3 is 9.64 Å². The van der Waals surface area contributed by atoms with Gasteiger partial charge in [0.05, 0.1) is 5.56 Å². The van der Waals surface area contributed by atoms with Crippen LogP contribution in [0.5, 0.6) is 0 Å². The summed E-state index contributed by atoms with van der Waals surface area (Å²) in [6.07, 6.45) is 4.76. The van der Waals surface area contributed by atoms with Crippen molar-refractivity contribution in [3.05, 3.63) is 35.1 Å². The van der Waals surface area contributed by atoms with Gasteiger partial charge in [0.15, 0.2) is 0 Å². The quantitative estimate of drug-likeness (QED) is 0.791. The summed E-state index contributed by atoms with van der Waals surface area (Å²) >= 11 is 0. The van der Waals surface area contributed by atoms with E-state index in [0.717, 1.165) is 0 Å². The highest BCUT2D eigenvalue weighted by atomic mass is 19.1. The number of hydrogen-bond acceptors (Lipinski definition) is 2. The van der Waals surface area contributed by atoms with E-state index in [1.807, 2.05) is 6.92 Å². The molecule has 3 nitrogen and oxygen atoms in total. The molecule has 0 aliphatic carbocycles. The smallest absolute Gasteiger partial charge is 0.410 e. The van der Waals surface area contributed by atoms with Crippen LogP contribution in [0.25, 0.3) is 0 Å². The van der Waals surface area contributed by atoms with Gasteiger partial charge in [-0.1, -0.05) is 12.0 Å². The Morgan fingerprint density at radius 1 is 1.45 bits per heavy atom. The summed E-state index contributed by atoms with van der Waals surface area (Å²) in [5, 5.41) is 0. The standard InChI is InChI=1S/C16H20FNO2/c1-6-13-9-8-12(10-14(13)17)11-18(7-2)15(19)20-16(3,4)5/h1,8-10H,7,11H2,2-5H3. The molecule has 1 aromatic carbocycles. The maximum atomic E-state index is 13.6. The monoisotopic (exact) mass is 277 g/mol. The van der Waals surface area contributed by atoms with Gasteiger partial charge in [-0.15, -0.1) is 6.42 Å². The lowest BCUT2D eigenvalue weighted by atomic mass is 10.1. The molecular weight excluding hydrogens is 257 g/mol. The molecule has 1 aromatic rings. The van der Waals surface area contributed by atoms with Gasteiger partial charge in [-0.2, -0.15) is 0 Å². The van der Waals surface area contributed by atoms with Gasteiger partial charge in [0.2, 0.25) is 0 Å². The van der Waals surface area contributed by atoms with Gasteiger partial charge in [-0.3, -0.25) is 0 Å². The first kappa shape index (κ1) is 16.0. The first-order valence-electron chi connectivity index (χ1n) is 6.49. The van der Waals surface area contributed by atoms with E-state index in [4.69, 9.17) is 11.2 Å². The second-order valence-corrected chi connectivity index (χ2v) is 5.45. The molecule has 0 N–H and O–H groups in total. The normalized spacial score (nSPS) is 10.8. The molecule has 0 saturated carbocycles. The summed E-state index contributed by atoms with van der Waals surface area (Å²) in [4.78, 5) is 13.5. The van der Waals surface area contributed by atoms with Crippen LogP contribution in [0, 0.1) is 18.2 Å². The van der Waals surface area contributed by atoms with Gasteiger partial charge in [0.25, 0.3) is 0 Å². The van der Waals surface area contributed by atoms with Crippen molar-refractivity contribution in [2.45, 2.75) is 39.8 Å². The third-order valence-electron chi connectivity index (χ3n) is 2.60. The molecule has 0 fully saturated rings. The Hall–Kier alpha value is -2.02. The molecule has 1 rings (SSSR count). The Labute approximate surface area is 119 Å². The summed E-state index contributed by atoms with van der Waals surface area (Å²) < 4.78 is 18.9. The molecule has 0 aliphatic rings. The lowest BCUT2D eigenvalue weighted by Gasteiger charge is -2.26. The van der Waals surface area contributed by atoms with Crippen LogP contribution >= 0.6 is 0 Å². The summed E-state index contributed by atoms with van der Waals surface area (Å²) in [6.45, 7) is 8.02. The van der Waals surface area contributed by atoms with Crippen LogP contribution in [0.1, 0.15) is 38.8 Å². The average molecular weight is 277 g/mol. The Balaban J connectivity index is 2.81. The number of nitrogens with zero attached hydrogens (tertiary/aromatic N) is 1. The number of halogens is 1. The van der Waals surface area contributed by atoms with E-state index in [1.165, 1.54) is 17.0 Å². The van der Waals surface area contributed by atoms with Crippen LogP contribution in [-0.2, 0) is 11.3 Å². The number of carbonyl (C=O) groups excluding carboxylic acids is 1. The molecule has 0 saturated heterocycles. The van der Waals surface area contributed by atoms with Crippen molar-refractivity contribution in [2.24, 2.45) is 0 Å². The summed E-state index contributed by atoms with van der Waals surface area (Å²) in [6, 6.07) is 4.60. The molecule has 1 amide bonds. The van der Waals surface area contributed by atoms with E-state index < -0.39 is 17.5 Å². The zero-order valence-electron chi connectivity index (χ0n) is 12.4. The summed E-state index contributed by atoms with van der Waals surface area (Å²) in [5.74, 6) is 1.81. The van der Waals surface area contributed by atoms with Crippen LogP contribution in [0.15, 0.2) is 18.2 Å². The molecule has 0 radical (unpaired) electrons. The SMILES string of the molecule is C#Cc1ccc(CN(CC)C(=O)OC(C)(C)C)cc1F. The highest BCUT2D eigenvalue weighted by molar-refractivity contribution is 5.68. The van der Waals surface area contributed by atoms with Crippen molar-refractivity contribution in [2.75, 3.05) is 6.54 Å². The minimum atomic E-state index is -0.552. The number of carbonyl (C=O) groups is 1. The van der Waals surface area contributed by atoms with Crippen LogP contribution in [0.4, 0.5) is 9.18 Å². The Morgan fingerprint density at radius 3 is 2.55 bits per heavy atom. The maximum Gasteiger partial charge on any atom is 0.410 e. The fraction of sp³-hybridized carbons (Fsp3) is 0.438. The first-order chi connectivity index (χ1) is 9.26. The third-order valence-corrected chi connectivity index (χ3v) is 2.60. The number of ether oxygens (including phenoxy) is 1. The fourth-order valence-corrected chi connectivity index (χ4v) is 1.63. The molecule has 0 atom stereocenters. The lowest BCUT2D eigenvalue weighted by Crippen LogP contribution is -2.36. The summed E-state index contributed by atoms with van der Waals surface area (Å²) in [7, 11) is 0.